The summed E-state index contributed by atoms with van der Waals surface area (Å²) in [6.07, 6.45) is 4.27. The van der Waals surface area contributed by atoms with Gasteiger partial charge < -0.3 is 19.4 Å². The van der Waals surface area contributed by atoms with Gasteiger partial charge in [-0.1, -0.05) is 11.6 Å². The molecule has 3 heterocycles. The molecule has 0 spiro atoms. The van der Waals surface area contributed by atoms with Gasteiger partial charge in [0.15, 0.2) is 0 Å². The molecule has 33 heavy (non-hydrogen) atoms. The van der Waals surface area contributed by atoms with E-state index in [1.165, 1.54) is 0 Å². The largest absolute Gasteiger partial charge is 0.490 e. The molecule has 0 aliphatic carbocycles. The van der Waals surface area contributed by atoms with Crippen LogP contribution in [0, 0.1) is 5.92 Å². The minimum absolute atomic E-state index is 0.0447. The van der Waals surface area contributed by atoms with Crippen molar-refractivity contribution in [3.8, 4) is 5.75 Å². The highest BCUT2D eigenvalue weighted by Crippen LogP contribution is 2.28. The quantitative estimate of drug-likeness (QED) is 0.645. The third-order valence-corrected chi connectivity index (χ3v) is 6.80. The van der Waals surface area contributed by atoms with Gasteiger partial charge in [-0.05, 0) is 38.2 Å². The molecule has 8 nitrogen and oxygen atoms in total. The first-order valence-electron chi connectivity index (χ1n) is 11.6. The zero-order valence-electron chi connectivity index (χ0n) is 19.3. The molecule has 0 N–H and O–H groups in total. The molecule has 2 atom stereocenters. The Bertz CT molecular complexity index is 955. The highest BCUT2D eigenvalue weighted by Gasteiger charge is 2.36. The van der Waals surface area contributed by atoms with Crippen LogP contribution < -0.4 is 4.74 Å². The van der Waals surface area contributed by atoms with E-state index in [1.54, 1.807) is 29.2 Å². The Hall–Kier alpha value is -2.58. The summed E-state index contributed by atoms with van der Waals surface area (Å²) in [5.41, 5.74) is 0.582. The smallest absolute Gasteiger partial charge is 0.257 e. The minimum Gasteiger partial charge on any atom is -0.490 e. The van der Waals surface area contributed by atoms with Gasteiger partial charge in [-0.2, -0.15) is 5.10 Å². The molecular weight excluding hydrogens is 442 g/mol. The van der Waals surface area contributed by atoms with Crippen molar-refractivity contribution in [2.75, 3.05) is 46.3 Å². The molecule has 2 amide bonds. The fourth-order valence-corrected chi connectivity index (χ4v) is 4.60. The van der Waals surface area contributed by atoms with Crippen molar-refractivity contribution in [2.45, 2.75) is 32.4 Å². The lowest BCUT2D eigenvalue weighted by Gasteiger charge is -2.39. The summed E-state index contributed by atoms with van der Waals surface area (Å²) >= 11 is 6.01. The fourth-order valence-electron chi connectivity index (χ4n) is 4.47. The number of nitrogens with zero attached hydrogens (tertiary/aromatic N) is 5. The van der Waals surface area contributed by atoms with Gasteiger partial charge in [-0.15, -0.1) is 0 Å². The molecule has 178 valence electrons. The average molecular weight is 474 g/mol. The number of hydrogen-bond acceptors (Lipinski definition) is 5. The van der Waals surface area contributed by atoms with Crippen molar-refractivity contribution in [1.29, 1.82) is 0 Å². The Labute approximate surface area is 200 Å². The van der Waals surface area contributed by atoms with E-state index in [9.17, 15) is 9.59 Å². The van der Waals surface area contributed by atoms with Crippen molar-refractivity contribution in [3.63, 3.8) is 0 Å². The van der Waals surface area contributed by atoms with Crippen molar-refractivity contribution < 1.29 is 14.3 Å². The molecule has 0 unspecified atom stereocenters. The zero-order valence-corrected chi connectivity index (χ0v) is 20.1. The number of piperidine rings is 1. The predicted molar refractivity (Wildman–Crippen MR) is 126 cm³/mol. The van der Waals surface area contributed by atoms with Crippen LogP contribution in [0.25, 0.3) is 0 Å². The summed E-state index contributed by atoms with van der Waals surface area (Å²) < 4.78 is 8.04. The second kappa shape index (κ2) is 10.6. The normalized spacial score (nSPS) is 21.8. The minimum atomic E-state index is -0.148. The first-order valence-corrected chi connectivity index (χ1v) is 12.0. The summed E-state index contributed by atoms with van der Waals surface area (Å²) in [6, 6.07) is 7.29. The number of likely N-dealkylation sites (tertiary alicyclic amines) is 1. The lowest BCUT2D eigenvalue weighted by atomic mass is 9.90. The highest BCUT2D eigenvalue weighted by atomic mass is 35.5. The number of aryl methyl sites for hydroxylation is 1. The van der Waals surface area contributed by atoms with Gasteiger partial charge in [0.05, 0.1) is 11.8 Å². The zero-order chi connectivity index (χ0) is 23.4. The van der Waals surface area contributed by atoms with Gasteiger partial charge in [-0.25, -0.2) is 0 Å². The molecule has 0 bridgehead atoms. The molecule has 2 aliphatic heterocycles. The van der Waals surface area contributed by atoms with Gasteiger partial charge in [0.1, 0.15) is 11.9 Å². The Morgan fingerprint density at radius 3 is 2.48 bits per heavy atom. The maximum Gasteiger partial charge on any atom is 0.257 e. The maximum atomic E-state index is 13.1. The third-order valence-electron chi connectivity index (χ3n) is 6.55. The van der Waals surface area contributed by atoms with E-state index in [1.807, 2.05) is 28.9 Å². The molecular formula is C24H32ClN5O3. The van der Waals surface area contributed by atoms with Gasteiger partial charge in [-0.3, -0.25) is 14.3 Å². The number of carbonyl (C=O) groups is 2. The lowest BCUT2D eigenvalue weighted by Crippen LogP contribution is -2.51. The van der Waals surface area contributed by atoms with Gasteiger partial charge in [0, 0.05) is 75.8 Å². The van der Waals surface area contributed by atoms with Crippen LogP contribution in [0.15, 0.2) is 36.7 Å². The number of amides is 2. The Morgan fingerprint density at radius 2 is 1.82 bits per heavy atom. The van der Waals surface area contributed by atoms with Gasteiger partial charge in [0.2, 0.25) is 5.91 Å². The van der Waals surface area contributed by atoms with E-state index in [0.717, 1.165) is 31.9 Å². The Kier molecular flexibility index (Phi) is 7.55. The monoisotopic (exact) mass is 473 g/mol. The van der Waals surface area contributed by atoms with Gasteiger partial charge in [0.25, 0.3) is 5.91 Å². The number of piperazine rings is 1. The van der Waals surface area contributed by atoms with Crippen LogP contribution in [0.4, 0.5) is 0 Å². The molecule has 9 heteroatoms. The third kappa shape index (κ3) is 5.86. The summed E-state index contributed by atoms with van der Waals surface area (Å²) in [7, 11) is 2.07. The van der Waals surface area contributed by atoms with E-state index in [-0.39, 0.29) is 23.8 Å². The molecule has 0 radical (unpaired) electrons. The lowest BCUT2D eigenvalue weighted by molar-refractivity contribution is -0.135. The van der Waals surface area contributed by atoms with Crippen molar-refractivity contribution in [3.05, 3.63) is 47.2 Å². The topological polar surface area (TPSA) is 70.9 Å². The molecule has 0 saturated carbocycles. The van der Waals surface area contributed by atoms with Crippen LogP contribution in [0.3, 0.4) is 0 Å². The predicted octanol–water partition coefficient (Wildman–Crippen LogP) is 2.63. The summed E-state index contributed by atoms with van der Waals surface area (Å²) in [5, 5.41) is 4.88. The molecule has 2 aliphatic rings. The first-order chi connectivity index (χ1) is 15.9. The number of ether oxygens (including phenoxy) is 1. The van der Waals surface area contributed by atoms with E-state index in [4.69, 9.17) is 16.3 Å². The number of halogens is 1. The fraction of sp³-hybridized carbons (Fsp3) is 0.542. The number of carbonyl (C=O) groups excluding carboxylic acids is 2. The highest BCUT2D eigenvalue weighted by molar-refractivity contribution is 6.30. The van der Waals surface area contributed by atoms with Crippen LogP contribution in [-0.2, 0) is 11.3 Å². The number of benzene rings is 1. The van der Waals surface area contributed by atoms with Crippen LogP contribution in [0.1, 0.15) is 30.1 Å². The van der Waals surface area contributed by atoms with E-state index in [0.29, 0.717) is 43.1 Å². The first kappa shape index (κ1) is 23.6. The van der Waals surface area contributed by atoms with Crippen LogP contribution in [-0.4, -0.2) is 88.7 Å². The summed E-state index contributed by atoms with van der Waals surface area (Å²) in [4.78, 5) is 32.2. The standard InChI is InChI=1S/C24H32ClN5O3/c1-3-30-17-19(15-26-30)24(32)29-9-8-22(33-21-6-4-20(25)5-7-21)18(16-29)14-23(31)28-12-10-27(2)11-13-28/h4-7,15,17-18,22H,3,8-14,16H2,1-2H3/t18-,22-/m0/s1. The van der Waals surface area contributed by atoms with Gasteiger partial charge >= 0.3 is 0 Å². The molecule has 4 rings (SSSR count). The second-order valence-corrected chi connectivity index (χ2v) is 9.32. The number of rotatable bonds is 6. The van der Waals surface area contributed by atoms with E-state index >= 15 is 0 Å². The van der Waals surface area contributed by atoms with Crippen LogP contribution in [0.2, 0.25) is 5.02 Å². The van der Waals surface area contributed by atoms with Crippen LogP contribution in [0.5, 0.6) is 5.75 Å². The van der Waals surface area contributed by atoms with Crippen molar-refractivity contribution in [1.82, 2.24) is 24.5 Å². The van der Waals surface area contributed by atoms with Crippen molar-refractivity contribution >= 4 is 23.4 Å². The Balaban J connectivity index is 1.47. The second-order valence-electron chi connectivity index (χ2n) is 8.88. The van der Waals surface area contributed by atoms with E-state index in [2.05, 4.69) is 17.0 Å². The number of likely N-dealkylation sites (N-methyl/N-ethyl adjacent to an activating group) is 1. The molecule has 1 aromatic heterocycles. The maximum absolute atomic E-state index is 13.1. The SMILES string of the molecule is CCn1cc(C(=O)N2CC[C@H](Oc3ccc(Cl)cc3)[C@@H](CC(=O)N3CCN(C)CC3)C2)cn1. The number of aromatic nitrogens is 2. The molecule has 2 saturated heterocycles. The van der Waals surface area contributed by atoms with E-state index < -0.39 is 0 Å². The number of hydrogen-bond donors (Lipinski definition) is 0. The molecule has 2 fully saturated rings. The molecule has 2 aromatic rings. The summed E-state index contributed by atoms with van der Waals surface area (Å²) in [6.45, 7) is 7.00. The van der Waals surface area contributed by atoms with Crippen LogP contribution >= 0.6 is 11.6 Å². The van der Waals surface area contributed by atoms with Crippen molar-refractivity contribution in [2.24, 2.45) is 5.92 Å². The average Bonchev–Trinajstić information content (AvgIpc) is 3.31. The summed E-state index contributed by atoms with van der Waals surface area (Å²) in [5.74, 6) is 0.722. The molecule has 1 aromatic carbocycles. The Morgan fingerprint density at radius 1 is 1.09 bits per heavy atom.